The molecule has 0 aliphatic heterocycles. The molecule has 0 atom stereocenters. The Bertz CT molecular complexity index is 849. The number of carbonyl (C=O) groups excluding carboxylic acids is 2. The SMILES string of the molecule is COC(OC)(C(=O)c1cccc([N+](=O)[O-])c1)C(=O)c1cccc([N+](=O)[O-])c1. The molecule has 0 spiro atoms. The van der Waals surface area contributed by atoms with Crippen LogP contribution in [-0.2, 0) is 9.47 Å². The molecule has 10 heteroatoms. The normalized spacial score (nSPS) is 11.0. The lowest BCUT2D eigenvalue weighted by Crippen LogP contribution is -2.50. The van der Waals surface area contributed by atoms with Crippen LogP contribution in [0.1, 0.15) is 20.7 Å². The molecule has 27 heavy (non-hydrogen) atoms. The highest BCUT2D eigenvalue weighted by Crippen LogP contribution is 2.27. The number of hydrogen-bond acceptors (Lipinski definition) is 8. The Morgan fingerprint density at radius 2 is 1.19 bits per heavy atom. The first-order valence-corrected chi connectivity index (χ1v) is 7.45. The molecule has 0 aromatic heterocycles. The van der Waals surface area contributed by atoms with Crippen molar-refractivity contribution in [2.45, 2.75) is 5.79 Å². The second-order valence-corrected chi connectivity index (χ2v) is 5.30. The molecule has 0 fully saturated rings. The molecule has 0 heterocycles. The molecule has 10 nitrogen and oxygen atoms in total. The summed E-state index contributed by atoms with van der Waals surface area (Å²) in [7, 11) is 2.10. The molecule has 0 aliphatic rings. The van der Waals surface area contributed by atoms with Gasteiger partial charge in [-0.2, -0.15) is 0 Å². The Balaban J connectivity index is 2.53. The first-order chi connectivity index (χ1) is 12.8. The van der Waals surface area contributed by atoms with Crippen molar-refractivity contribution in [3.05, 3.63) is 79.9 Å². The smallest absolute Gasteiger partial charge is 0.299 e. The Kier molecular flexibility index (Phi) is 5.73. The number of non-ortho nitro benzene ring substituents is 2. The number of ether oxygens (including phenoxy) is 2. The van der Waals surface area contributed by atoms with Gasteiger partial charge in [0.2, 0.25) is 11.6 Å². The predicted octanol–water partition coefficient (Wildman–Crippen LogP) is 2.56. The van der Waals surface area contributed by atoms with Crippen LogP contribution in [-0.4, -0.2) is 41.4 Å². The topological polar surface area (TPSA) is 139 Å². The lowest BCUT2D eigenvalue weighted by molar-refractivity contribution is -0.385. The van der Waals surface area contributed by atoms with Crippen molar-refractivity contribution in [1.82, 2.24) is 0 Å². The third kappa shape index (κ3) is 3.71. The van der Waals surface area contributed by atoms with Crippen molar-refractivity contribution in [2.75, 3.05) is 14.2 Å². The molecule has 0 N–H and O–H groups in total. The van der Waals surface area contributed by atoms with Crippen LogP contribution >= 0.6 is 0 Å². The van der Waals surface area contributed by atoms with E-state index in [9.17, 15) is 29.8 Å². The summed E-state index contributed by atoms with van der Waals surface area (Å²) in [5.74, 6) is -4.41. The van der Waals surface area contributed by atoms with Gasteiger partial charge in [0.1, 0.15) is 0 Å². The van der Waals surface area contributed by atoms with Gasteiger partial charge in [0.05, 0.1) is 9.85 Å². The van der Waals surface area contributed by atoms with E-state index in [-0.39, 0.29) is 22.5 Å². The Hall–Kier alpha value is -3.50. The second kappa shape index (κ2) is 7.81. The van der Waals surface area contributed by atoms with E-state index in [1.54, 1.807) is 0 Å². The summed E-state index contributed by atoms with van der Waals surface area (Å²) < 4.78 is 10.1. The number of nitrogens with zero attached hydrogens (tertiary/aromatic N) is 2. The molecular formula is C17H14N2O8. The maximum absolute atomic E-state index is 12.9. The minimum atomic E-state index is -2.45. The van der Waals surface area contributed by atoms with Crippen molar-refractivity contribution in [3.63, 3.8) is 0 Å². The molecule has 0 unspecified atom stereocenters. The molecule has 2 aromatic carbocycles. The van der Waals surface area contributed by atoms with Gasteiger partial charge < -0.3 is 9.47 Å². The summed E-state index contributed by atoms with van der Waals surface area (Å²) in [6.07, 6.45) is 0. The van der Waals surface area contributed by atoms with Gasteiger partial charge in [-0.3, -0.25) is 29.8 Å². The van der Waals surface area contributed by atoms with Crippen molar-refractivity contribution >= 4 is 22.9 Å². The number of nitro benzene ring substituents is 2. The number of benzene rings is 2. The number of rotatable bonds is 8. The van der Waals surface area contributed by atoms with Gasteiger partial charge in [0, 0.05) is 49.6 Å². The largest absolute Gasteiger partial charge is 0.341 e. The maximum atomic E-state index is 12.9. The van der Waals surface area contributed by atoms with Crippen LogP contribution in [0.3, 0.4) is 0 Å². The Morgan fingerprint density at radius 3 is 1.48 bits per heavy atom. The zero-order valence-electron chi connectivity index (χ0n) is 14.3. The summed E-state index contributed by atoms with van der Waals surface area (Å²) in [6.45, 7) is 0. The van der Waals surface area contributed by atoms with Crippen LogP contribution in [0.2, 0.25) is 0 Å². The van der Waals surface area contributed by atoms with Crippen molar-refractivity contribution in [3.8, 4) is 0 Å². The fourth-order valence-electron chi connectivity index (χ4n) is 2.46. The molecule has 0 aliphatic carbocycles. The molecule has 0 bridgehead atoms. The van der Waals surface area contributed by atoms with E-state index in [4.69, 9.17) is 9.47 Å². The van der Waals surface area contributed by atoms with Crippen LogP contribution in [0.5, 0.6) is 0 Å². The molecule has 0 radical (unpaired) electrons. The maximum Gasteiger partial charge on any atom is 0.299 e. The highest BCUT2D eigenvalue weighted by Gasteiger charge is 2.48. The van der Waals surface area contributed by atoms with Crippen molar-refractivity contribution < 1.29 is 28.9 Å². The van der Waals surface area contributed by atoms with E-state index in [2.05, 4.69) is 0 Å². The van der Waals surface area contributed by atoms with Gasteiger partial charge in [0.15, 0.2) is 0 Å². The number of nitro groups is 2. The standard InChI is InChI=1S/C17H14N2O8/c1-26-17(27-2,15(20)11-5-3-7-13(9-11)18(22)23)16(21)12-6-4-8-14(10-12)19(24)25/h3-10H,1-2H3. The summed E-state index contributed by atoms with van der Waals surface area (Å²) in [5.41, 5.74) is -1.09. The van der Waals surface area contributed by atoms with Crippen LogP contribution in [0.4, 0.5) is 11.4 Å². The monoisotopic (exact) mass is 374 g/mol. The van der Waals surface area contributed by atoms with Crippen LogP contribution in [0.15, 0.2) is 48.5 Å². The average molecular weight is 374 g/mol. The fraction of sp³-hybridized carbons (Fsp3) is 0.176. The number of ketones is 2. The zero-order valence-corrected chi connectivity index (χ0v) is 14.3. The first kappa shape index (κ1) is 19.8. The van der Waals surface area contributed by atoms with Crippen LogP contribution in [0, 0.1) is 20.2 Å². The highest BCUT2D eigenvalue weighted by atomic mass is 16.7. The minimum absolute atomic E-state index is 0.188. The quantitative estimate of drug-likeness (QED) is 0.226. The van der Waals surface area contributed by atoms with E-state index < -0.39 is 27.2 Å². The van der Waals surface area contributed by atoms with E-state index in [1.165, 1.54) is 36.4 Å². The van der Waals surface area contributed by atoms with Gasteiger partial charge in [-0.05, 0) is 0 Å². The number of carbonyl (C=O) groups is 2. The molecular weight excluding hydrogens is 360 g/mol. The Labute approximate surface area is 152 Å². The molecule has 2 aromatic rings. The van der Waals surface area contributed by atoms with E-state index in [0.717, 1.165) is 26.4 Å². The lowest BCUT2D eigenvalue weighted by atomic mass is 9.94. The van der Waals surface area contributed by atoms with Gasteiger partial charge >= 0.3 is 0 Å². The van der Waals surface area contributed by atoms with Gasteiger partial charge in [-0.15, -0.1) is 0 Å². The van der Waals surface area contributed by atoms with E-state index in [1.807, 2.05) is 0 Å². The molecule has 0 amide bonds. The van der Waals surface area contributed by atoms with Gasteiger partial charge in [-0.1, -0.05) is 24.3 Å². The summed E-state index contributed by atoms with van der Waals surface area (Å²) in [6, 6.07) is 9.41. The number of methoxy groups -OCH3 is 2. The van der Waals surface area contributed by atoms with E-state index in [0.29, 0.717) is 0 Å². The highest BCUT2D eigenvalue weighted by molar-refractivity contribution is 6.21. The second-order valence-electron chi connectivity index (χ2n) is 5.30. The average Bonchev–Trinajstić information content (AvgIpc) is 2.69. The van der Waals surface area contributed by atoms with Gasteiger partial charge in [-0.25, -0.2) is 0 Å². The lowest BCUT2D eigenvalue weighted by Gasteiger charge is -2.27. The summed E-state index contributed by atoms with van der Waals surface area (Å²) in [5, 5.41) is 21.8. The molecule has 0 saturated heterocycles. The van der Waals surface area contributed by atoms with Crippen LogP contribution < -0.4 is 0 Å². The van der Waals surface area contributed by atoms with Crippen molar-refractivity contribution in [2.24, 2.45) is 0 Å². The predicted molar refractivity (Wildman–Crippen MR) is 91.6 cm³/mol. The minimum Gasteiger partial charge on any atom is -0.341 e. The fourth-order valence-corrected chi connectivity index (χ4v) is 2.46. The molecule has 140 valence electrons. The number of hydrogen-bond donors (Lipinski definition) is 0. The first-order valence-electron chi connectivity index (χ1n) is 7.45. The summed E-state index contributed by atoms with van der Waals surface area (Å²) >= 11 is 0. The van der Waals surface area contributed by atoms with Crippen LogP contribution in [0.25, 0.3) is 0 Å². The van der Waals surface area contributed by atoms with Gasteiger partial charge in [0.25, 0.3) is 17.2 Å². The Morgan fingerprint density at radius 1 is 0.815 bits per heavy atom. The summed E-state index contributed by atoms with van der Waals surface area (Å²) in [4.78, 5) is 46.3. The molecule has 0 saturated carbocycles. The third-order valence-electron chi connectivity index (χ3n) is 3.81. The molecule has 2 rings (SSSR count). The zero-order chi connectivity index (χ0) is 20.2. The van der Waals surface area contributed by atoms with E-state index >= 15 is 0 Å². The van der Waals surface area contributed by atoms with Crippen molar-refractivity contribution in [1.29, 1.82) is 0 Å². The number of Topliss-reactive ketones (excluding diaryl/α,β-unsaturated/α-hetero) is 2. The third-order valence-corrected chi connectivity index (χ3v) is 3.81.